The number of carbonyl (C=O) groups excluding carboxylic acids is 1. The van der Waals surface area contributed by atoms with Gasteiger partial charge >= 0.3 is 0 Å². The third-order valence-electron chi connectivity index (χ3n) is 3.74. The largest absolute Gasteiger partial charge is 0.342 e. The Bertz CT molecular complexity index is 418. The molecule has 6 heteroatoms. The van der Waals surface area contributed by atoms with E-state index in [-0.39, 0.29) is 23.5 Å². The molecule has 5 nitrogen and oxygen atoms in total. The summed E-state index contributed by atoms with van der Waals surface area (Å²) in [5.41, 5.74) is 0. The number of nitrogens with zero attached hydrogens (tertiary/aromatic N) is 1. The van der Waals surface area contributed by atoms with Gasteiger partial charge in [0.2, 0.25) is 5.91 Å². The zero-order chi connectivity index (χ0) is 13.9. The fourth-order valence-electron chi connectivity index (χ4n) is 2.54. The Labute approximate surface area is 115 Å². The van der Waals surface area contributed by atoms with Gasteiger partial charge in [0, 0.05) is 32.1 Å². The van der Waals surface area contributed by atoms with Gasteiger partial charge in [0.1, 0.15) is 0 Å². The quantitative estimate of drug-likeness (QED) is 0.769. The molecule has 0 spiro atoms. The zero-order valence-electron chi connectivity index (χ0n) is 11.6. The van der Waals surface area contributed by atoms with Crippen molar-refractivity contribution in [3.05, 3.63) is 0 Å². The molecule has 1 heterocycles. The Morgan fingerprint density at radius 1 is 1.37 bits per heavy atom. The highest BCUT2D eigenvalue weighted by atomic mass is 32.2. The van der Waals surface area contributed by atoms with Gasteiger partial charge in [-0.05, 0) is 25.2 Å². The summed E-state index contributed by atoms with van der Waals surface area (Å²) in [6.45, 7) is 4.17. The fourth-order valence-corrected chi connectivity index (χ4v) is 3.98. The molecule has 2 aliphatic rings. The van der Waals surface area contributed by atoms with Gasteiger partial charge in [0.25, 0.3) is 0 Å². The lowest BCUT2D eigenvalue weighted by atomic mass is 10.2. The molecule has 0 aromatic rings. The standard InChI is InChI=1S/C13H24N2O3S/c1-2-6-15(9-11-3-4-11)13(16)8-12-10-19(17,18)7-5-14-12/h11-12,14H,2-10H2,1H3. The van der Waals surface area contributed by atoms with Crippen LogP contribution in [0.15, 0.2) is 0 Å². The van der Waals surface area contributed by atoms with Crippen LogP contribution in [0.3, 0.4) is 0 Å². The molecule has 0 radical (unpaired) electrons. The molecule has 110 valence electrons. The molecule has 1 atom stereocenters. The van der Waals surface area contributed by atoms with Gasteiger partial charge in [0.15, 0.2) is 9.84 Å². The number of hydrogen-bond donors (Lipinski definition) is 1. The van der Waals surface area contributed by atoms with Crippen LogP contribution in [0, 0.1) is 5.92 Å². The van der Waals surface area contributed by atoms with Crippen molar-refractivity contribution in [1.29, 1.82) is 0 Å². The Hall–Kier alpha value is -0.620. The highest BCUT2D eigenvalue weighted by Gasteiger charge is 2.30. The smallest absolute Gasteiger partial charge is 0.224 e. The summed E-state index contributed by atoms with van der Waals surface area (Å²) in [7, 11) is -2.96. The van der Waals surface area contributed by atoms with Crippen molar-refractivity contribution in [3.63, 3.8) is 0 Å². The lowest BCUT2D eigenvalue weighted by molar-refractivity contribution is -0.131. The molecule has 0 bridgehead atoms. The summed E-state index contributed by atoms with van der Waals surface area (Å²) in [5, 5.41) is 3.14. The first-order chi connectivity index (χ1) is 9.00. The van der Waals surface area contributed by atoms with E-state index in [1.807, 2.05) is 4.90 Å². The fraction of sp³-hybridized carbons (Fsp3) is 0.923. The highest BCUT2D eigenvalue weighted by molar-refractivity contribution is 7.91. The number of hydrogen-bond acceptors (Lipinski definition) is 4. The topological polar surface area (TPSA) is 66.5 Å². The molecule has 1 unspecified atom stereocenters. The van der Waals surface area contributed by atoms with Gasteiger partial charge in [-0.2, -0.15) is 0 Å². The normalized spacial score (nSPS) is 26.1. The highest BCUT2D eigenvalue weighted by Crippen LogP contribution is 2.30. The van der Waals surface area contributed by atoms with E-state index in [9.17, 15) is 13.2 Å². The van der Waals surface area contributed by atoms with Gasteiger partial charge in [0.05, 0.1) is 11.5 Å². The number of amides is 1. The van der Waals surface area contributed by atoms with Gasteiger partial charge in [-0.1, -0.05) is 6.92 Å². The van der Waals surface area contributed by atoms with E-state index in [4.69, 9.17) is 0 Å². The van der Waals surface area contributed by atoms with E-state index in [0.29, 0.717) is 18.9 Å². The lowest BCUT2D eigenvalue weighted by Gasteiger charge is -2.27. The molecule has 19 heavy (non-hydrogen) atoms. The van der Waals surface area contributed by atoms with Crippen molar-refractivity contribution in [1.82, 2.24) is 10.2 Å². The third kappa shape index (κ3) is 4.76. The minimum absolute atomic E-state index is 0.0993. The summed E-state index contributed by atoms with van der Waals surface area (Å²) in [6.07, 6.45) is 3.72. The van der Waals surface area contributed by atoms with Crippen LogP contribution >= 0.6 is 0 Å². The Kier molecular flexibility index (Phi) is 4.84. The van der Waals surface area contributed by atoms with Crippen LogP contribution in [0.5, 0.6) is 0 Å². The number of nitrogens with one attached hydrogen (secondary N) is 1. The van der Waals surface area contributed by atoms with Crippen LogP contribution in [-0.2, 0) is 14.6 Å². The summed E-state index contributed by atoms with van der Waals surface area (Å²) in [5.74, 6) is 1.07. The molecule has 2 rings (SSSR count). The van der Waals surface area contributed by atoms with Crippen LogP contribution in [0.1, 0.15) is 32.6 Å². The minimum atomic E-state index is -2.96. The SMILES string of the molecule is CCCN(CC1CC1)C(=O)CC1CS(=O)(=O)CCN1. The number of rotatable bonds is 6. The minimum Gasteiger partial charge on any atom is -0.342 e. The van der Waals surface area contributed by atoms with E-state index in [0.717, 1.165) is 19.5 Å². The molecule has 1 saturated carbocycles. The summed E-state index contributed by atoms with van der Waals surface area (Å²) in [6, 6.07) is -0.204. The number of carbonyl (C=O) groups is 1. The molecule has 1 aliphatic heterocycles. The van der Waals surface area contributed by atoms with Crippen LogP contribution in [0.25, 0.3) is 0 Å². The van der Waals surface area contributed by atoms with E-state index >= 15 is 0 Å². The van der Waals surface area contributed by atoms with Gasteiger partial charge in [-0.3, -0.25) is 4.79 Å². The number of sulfone groups is 1. The molecule has 2 fully saturated rings. The van der Waals surface area contributed by atoms with Gasteiger partial charge in [-0.15, -0.1) is 0 Å². The van der Waals surface area contributed by atoms with Gasteiger partial charge in [-0.25, -0.2) is 8.42 Å². The first-order valence-corrected chi connectivity index (χ1v) is 9.04. The van der Waals surface area contributed by atoms with Crippen LogP contribution in [-0.4, -0.2) is 56.4 Å². The Morgan fingerprint density at radius 2 is 2.11 bits per heavy atom. The Morgan fingerprint density at radius 3 is 2.68 bits per heavy atom. The Balaban J connectivity index is 1.86. The third-order valence-corrected chi connectivity index (χ3v) is 5.48. The van der Waals surface area contributed by atoms with Crippen molar-refractivity contribution in [2.45, 2.75) is 38.6 Å². The van der Waals surface area contributed by atoms with Crippen molar-refractivity contribution in [2.24, 2.45) is 5.92 Å². The maximum atomic E-state index is 12.3. The lowest BCUT2D eigenvalue weighted by Crippen LogP contribution is -2.48. The van der Waals surface area contributed by atoms with E-state index in [1.54, 1.807) is 0 Å². The second kappa shape index (κ2) is 6.22. The molecule has 1 amide bonds. The van der Waals surface area contributed by atoms with Crippen LogP contribution in [0.4, 0.5) is 0 Å². The van der Waals surface area contributed by atoms with E-state index in [1.165, 1.54) is 12.8 Å². The zero-order valence-corrected chi connectivity index (χ0v) is 12.4. The molecular weight excluding hydrogens is 264 g/mol. The molecule has 1 N–H and O–H groups in total. The predicted molar refractivity (Wildman–Crippen MR) is 74.7 cm³/mol. The summed E-state index contributed by atoms with van der Waals surface area (Å²) >= 11 is 0. The summed E-state index contributed by atoms with van der Waals surface area (Å²) < 4.78 is 23.1. The van der Waals surface area contributed by atoms with Crippen molar-refractivity contribution >= 4 is 15.7 Å². The first kappa shape index (κ1) is 14.8. The predicted octanol–water partition coefficient (Wildman–Crippen LogP) is 0.412. The van der Waals surface area contributed by atoms with Crippen LogP contribution < -0.4 is 5.32 Å². The maximum absolute atomic E-state index is 12.3. The molecular formula is C13H24N2O3S. The van der Waals surface area contributed by atoms with Crippen molar-refractivity contribution in [2.75, 3.05) is 31.1 Å². The first-order valence-electron chi connectivity index (χ1n) is 7.22. The van der Waals surface area contributed by atoms with Crippen LogP contribution in [0.2, 0.25) is 0 Å². The van der Waals surface area contributed by atoms with E-state index < -0.39 is 9.84 Å². The second-order valence-electron chi connectivity index (χ2n) is 5.75. The second-order valence-corrected chi connectivity index (χ2v) is 7.98. The molecule has 1 saturated heterocycles. The average molecular weight is 288 g/mol. The van der Waals surface area contributed by atoms with Gasteiger partial charge < -0.3 is 10.2 Å². The molecule has 0 aromatic carbocycles. The van der Waals surface area contributed by atoms with E-state index in [2.05, 4.69) is 12.2 Å². The van der Waals surface area contributed by atoms with Crippen molar-refractivity contribution < 1.29 is 13.2 Å². The molecule has 0 aromatic heterocycles. The maximum Gasteiger partial charge on any atom is 0.224 e. The molecule has 1 aliphatic carbocycles. The average Bonchev–Trinajstić information content (AvgIpc) is 3.11. The van der Waals surface area contributed by atoms with Crippen molar-refractivity contribution in [3.8, 4) is 0 Å². The monoisotopic (exact) mass is 288 g/mol. The summed E-state index contributed by atoms with van der Waals surface area (Å²) in [4.78, 5) is 14.2.